The molecule has 0 saturated heterocycles. The molecule has 0 N–H and O–H groups in total. The van der Waals surface area contributed by atoms with Crippen molar-refractivity contribution in [1.82, 2.24) is 0 Å². The summed E-state index contributed by atoms with van der Waals surface area (Å²) < 4.78 is 29.0. The molecule has 0 unspecified atom stereocenters. The van der Waals surface area contributed by atoms with E-state index in [0.29, 0.717) is 6.61 Å². The molecule has 0 aromatic carbocycles. The van der Waals surface area contributed by atoms with Crippen molar-refractivity contribution in [2.45, 2.75) is 142 Å². The maximum atomic E-state index is 11.9. The first-order chi connectivity index (χ1) is 13.6. The summed E-state index contributed by atoms with van der Waals surface area (Å²) in [6, 6.07) is 0. The molecule has 0 bridgehead atoms. The fourth-order valence-electron chi connectivity index (χ4n) is 3.60. The Morgan fingerprint density at radius 2 is 0.793 bits per heavy atom. The minimum atomic E-state index is -3.30. The molecule has 0 radical (unpaired) electrons. The fourth-order valence-corrected chi connectivity index (χ4v) is 4.65. The van der Waals surface area contributed by atoms with Gasteiger partial charge in [-0.2, -0.15) is 8.42 Å². The summed E-state index contributed by atoms with van der Waals surface area (Å²) in [4.78, 5) is 0. The first-order valence-corrected chi connectivity index (χ1v) is 14.1. The Labute approximate surface area is 205 Å². The average molecular weight is 443 g/mol. The quantitative estimate of drug-likeness (QED) is 0.0933. The Kier molecular flexibility index (Phi) is 27.9. The van der Waals surface area contributed by atoms with Crippen LogP contribution < -0.4 is 0 Å². The van der Waals surface area contributed by atoms with Gasteiger partial charge in [0.25, 0.3) is 10.1 Å². The van der Waals surface area contributed by atoms with Crippen molar-refractivity contribution in [3.63, 3.8) is 0 Å². The summed E-state index contributed by atoms with van der Waals surface area (Å²) in [5.41, 5.74) is 0. The summed E-state index contributed by atoms with van der Waals surface area (Å²) in [6.45, 7) is 4.87. The van der Waals surface area contributed by atoms with E-state index in [1.165, 1.54) is 96.3 Å². The first-order valence-electron chi connectivity index (χ1n) is 12.5. The van der Waals surface area contributed by atoms with Crippen LogP contribution in [0.5, 0.6) is 0 Å². The predicted molar refractivity (Wildman–Crippen MR) is 131 cm³/mol. The van der Waals surface area contributed by atoms with Crippen LogP contribution in [0.3, 0.4) is 0 Å². The molecule has 0 aromatic rings. The molecule has 172 valence electrons. The molecule has 3 nitrogen and oxygen atoms in total. The third kappa shape index (κ3) is 26.9. The standard InChI is InChI=1S/C24H50O3S.Na.H/c1-3-5-7-9-11-13-15-17-19-21-23-27-28(25,26)24-22-20-18-16-14-12-10-8-6-4-2;;/h3-24H2,1-2H3;;. The third-order valence-electron chi connectivity index (χ3n) is 5.51. The van der Waals surface area contributed by atoms with Gasteiger partial charge in [0.15, 0.2) is 0 Å². The SMILES string of the molecule is CCCCCCCCCCCCOS(=O)(=O)CCCCCCCCCCCC.[NaH]. The number of hydrogen-bond donors (Lipinski definition) is 0. The molecule has 0 rings (SSSR count). The zero-order valence-electron chi connectivity index (χ0n) is 19.2. The molecule has 29 heavy (non-hydrogen) atoms. The Balaban J connectivity index is 0. The zero-order chi connectivity index (χ0) is 20.8. The van der Waals surface area contributed by atoms with Crippen molar-refractivity contribution >= 4 is 39.7 Å². The van der Waals surface area contributed by atoms with Crippen LogP contribution in [0.1, 0.15) is 142 Å². The van der Waals surface area contributed by atoms with Gasteiger partial charge < -0.3 is 0 Å². The molecule has 0 aromatic heterocycles. The maximum absolute atomic E-state index is 11.9. The van der Waals surface area contributed by atoms with E-state index in [4.69, 9.17) is 4.18 Å². The summed E-state index contributed by atoms with van der Waals surface area (Å²) in [5.74, 6) is 0.196. The number of rotatable bonds is 23. The van der Waals surface area contributed by atoms with E-state index >= 15 is 0 Å². The van der Waals surface area contributed by atoms with Gasteiger partial charge in [0.2, 0.25) is 0 Å². The van der Waals surface area contributed by atoms with Crippen LogP contribution in [0.15, 0.2) is 0 Å². The Hall–Kier alpha value is 0.910. The Bertz CT molecular complexity index is 399. The molecule has 0 heterocycles. The van der Waals surface area contributed by atoms with Crippen LogP contribution in [0.25, 0.3) is 0 Å². The van der Waals surface area contributed by atoms with Gasteiger partial charge in [0.05, 0.1) is 12.4 Å². The van der Waals surface area contributed by atoms with Gasteiger partial charge >= 0.3 is 29.6 Å². The molecule has 0 spiro atoms. The second-order valence-electron chi connectivity index (χ2n) is 8.45. The molecule has 0 atom stereocenters. The molecule has 0 aliphatic rings. The Morgan fingerprint density at radius 1 is 0.483 bits per heavy atom. The van der Waals surface area contributed by atoms with Crippen molar-refractivity contribution in [1.29, 1.82) is 0 Å². The van der Waals surface area contributed by atoms with Gasteiger partial charge in [-0.25, -0.2) is 0 Å². The van der Waals surface area contributed by atoms with E-state index in [2.05, 4.69) is 13.8 Å². The fraction of sp³-hybridized carbons (Fsp3) is 1.00. The van der Waals surface area contributed by atoms with Crippen molar-refractivity contribution in [2.75, 3.05) is 12.4 Å². The molecule has 0 aliphatic heterocycles. The molecule has 0 amide bonds. The van der Waals surface area contributed by atoms with Crippen LogP contribution in [0, 0.1) is 0 Å². The van der Waals surface area contributed by atoms with Crippen LogP contribution in [0.2, 0.25) is 0 Å². The normalized spacial score (nSPS) is 11.5. The van der Waals surface area contributed by atoms with Gasteiger partial charge in [-0.3, -0.25) is 4.18 Å². The van der Waals surface area contributed by atoms with E-state index in [1.54, 1.807) is 0 Å². The van der Waals surface area contributed by atoms with E-state index < -0.39 is 10.1 Å². The summed E-state index contributed by atoms with van der Waals surface area (Å²) >= 11 is 0. The zero-order valence-corrected chi connectivity index (χ0v) is 20.0. The molecular formula is C24H51NaO3S. The van der Waals surface area contributed by atoms with Crippen molar-refractivity contribution in [3.05, 3.63) is 0 Å². The van der Waals surface area contributed by atoms with E-state index in [-0.39, 0.29) is 35.3 Å². The second kappa shape index (κ2) is 25.2. The molecular weight excluding hydrogens is 391 g/mol. The first kappa shape index (κ1) is 32.1. The second-order valence-corrected chi connectivity index (χ2v) is 10.2. The van der Waals surface area contributed by atoms with E-state index in [1.807, 2.05) is 0 Å². The predicted octanol–water partition coefficient (Wildman–Crippen LogP) is 7.53. The van der Waals surface area contributed by atoms with Gasteiger partial charge in [-0.05, 0) is 12.8 Å². The van der Waals surface area contributed by atoms with Gasteiger partial charge in [0, 0.05) is 0 Å². The third-order valence-corrected chi connectivity index (χ3v) is 6.82. The number of unbranched alkanes of at least 4 members (excludes halogenated alkanes) is 18. The molecule has 0 fully saturated rings. The summed E-state index contributed by atoms with van der Waals surface area (Å²) in [7, 11) is -3.30. The molecule has 5 heteroatoms. The van der Waals surface area contributed by atoms with E-state index in [9.17, 15) is 8.42 Å². The van der Waals surface area contributed by atoms with Gasteiger partial charge in [0.1, 0.15) is 0 Å². The van der Waals surface area contributed by atoms with Gasteiger partial charge in [-0.15, -0.1) is 0 Å². The topological polar surface area (TPSA) is 43.4 Å². The van der Waals surface area contributed by atoms with Crippen LogP contribution in [-0.2, 0) is 14.3 Å². The number of hydrogen-bond acceptors (Lipinski definition) is 3. The van der Waals surface area contributed by atoms with Crippen molar-refractivity contribution in [3.8, 4) is 0 Å². The van der Waals surface area contributed by atoms with Gasteiger partial charge in [-0.1, -0.05) is 129 Å². The van der Waals surface area contributed by atoms with Crippen molar-refractivity contribution < 1.29 is 12.6 Å². The summed E-state index contributed by atoms with van der Waals surface area (Å²) in [6.07, 6.45) is 24.7. The Morgan fingerprint density at radius 3 is 1.17 bits per heavy atom. The average Bonchev–Trinajstić information content (AvgIpc) is 2.67. The molecule has 0 saturated carbocycles. The molecule has 0 aliphatic carbocycles. The van der Waals surface area contributed by atoms with E-state index in [0.717, 1.165) is 32.1 Å². The summed E-state index contributed by atoms with van der Waals surface area (Å²) in [5, 5.41) is 0. The van der Waals surface area contributed by atoms with Crippen LogP contribution in [0.4, 0.5) is 0 Å². The van der Waals surface area contributed by atoms with Crippen LogP contribution >= 0.6 is 0 Å². The minimum absolute atomic E-state index is 0. The van der Waals surface area contributed by atoms with Crippen LogP contribution in [-0.4, -0.2) is 50.3 Å². The monoisotopic (exact) mass is 442 g/mol. The van der Waals surface area contributed by atoms with Crippen molar-refractivity contribution in [2.24, 2.45) is 0 Å².